The van der Waals surface area contributed by atoms with Crippen LogP contribution < -0.4 is 0 Å². The SMILES string of the molecule is O=C1N=C(N2CCOCC2)S/C1=C/c1ccc2noc(-c3ccccc3)c2c1. The molecule has 1 fully saturated rings. The van der Waals surface area contributed by atoms with Gasteiger partial charge in [0.1, 0.15) is 5.52 Å². The first-order valence-electron chi connectivity index (χ1n) is 9.08. The minimum absolute atomic E-state index is 0.194. The highest BCUT2D eigenvalue weighted by atomic mass is 32.2. The van der Waals surface area contributed by atoms with E-state index in [0.717, 1.165) is 46.0 Å². The third-order valence-electron chi connectivity index (χ3n) is 4.73. The number of rotatable bonds is 2. The van der Waals surface area contributed by atoms with Crippen molar-refractivity contribution >= 4 is 39.8 Å². The Balaban J connectivity index is 1.44. The minimum Gasteiger partial charge on any atom is -0.378 e. The monoisotopic (exact) mass is 391 g/mol. The van der Waals surface area contributed by atoms with Crippen LogP contribution in [0.25, 0.3) is 28.3 Å². The second-order valence-electron chi connectivity index (χ2n) is 6.56. The van der Waals surface area contributed by atoms with Crippen molar-refractivity contribution in [2.75, 3.05) is 26.3 Å². The molecular weight excluding hydrogens is 374 g/mol. The molecule has 0 radical (unpaired) electrons. The summed E-state index contributed by atoms with van der Waals surface area (Å²) < 4.78 is 10.9. The first-order valence-corrected chi connectivity index (χ1v) is 9.90. The zero-order valence-corrected chi connectivity index (χ0v) is 15.8. The van der Waals surface area contributed by atoms with Gasteiger partial charge in [0.25, 0.3) is 5.91 Å². The number of hydrogen-bond acceptors (Lipinski definition) is 6. The van der Waals surface area contributed by atoms with Crippen LogP contribution in [0.5, 0.6) is 0 Å². The van der Waals surface area contributed by atoms with Crippen LogP contribution in [0.1, 0.15) is 5.56 Å². The molecule has 0 spiro atoms. The molecule has 5 rings (SSSR count). The van der Waals surface area contributed by atoms with Crippen molar-refractivity contribution in [3.05, 3.63) is 59.0 Å². The standard InChI is InChI=1S/C21H17N3O3S/c25-20-18(28-21(22-20)24-8-10-26-11-9-24)13-14-6-7-17-16(12-14)19(27-23-17)15-4-2-1-3-5-15/h1-7,12-13H,8-11H2/b18-13+. The van der Waals surface area contributed by atoms with Gasteiger partial charge in [-0.3, -0.25) is 4.79 Å². The van der Waals surface area contributed by atoms with Gasteiger partial charge in [0.15, 0.2) is 10.9 Å². The number of carbonyl (C=O) groups excluding carboxylic acids is 1. The highest BCUT2D eigenvalue weighted by Crippen LogP contribution is 2.33. The lowest BCUT2D eigenvalue weighted by molar-refractivity contribution is -0.113. The van der Waals surface area contributed by atoms with Crippen LogP contribution in [0.4, 0.5) is 0 Å². The largest absolute Gasteiger partial charge is 0.378 e. The van der Waals surface area contributed by atoms with Crippen molar-refractivity contribution in [3.8, 4) is 11.3 Å². The predicted octanol–water partition coefficient (Wildman–Crippen LogP) is 3.80. The summed E-state index contributed by atoms with van der Waals surface area (Å²) in [4.78, 5) is 19.3. The van der Waals surface area contributed by atoms with Gasteiger partial charge in [0, 0.05) is 18.7 Å². The fraction of sp³-hybridized carbons (Fsp3) is 0.190. The topological polar surface area (TPSA) is 67.9 Å². The van der Waals surface area contributed by atoms with Crippen LogP contribution in [0, 0.1) is 0 Å². The second kappa shape index (κ2) is 7.26. The third-order valence-corrected chi connectivity index (χ3v) is 5.77. The van der Waals surface area contributed by atoms with Crippen LogP contribution in [0.2, 0.25) is 0 Å². The maximum Gasteiger partial charge on any atom is 0.286 e. The minimum atomic E-state index is -0.194. The number of aliphatic imine (C=N–C) groups is 1. The van der Waals surface area contributed by atoms with E-state index in [-0.39, 0.29) is 5.91 Å². The third kappa shape index (κ3) is 3.23. The summed E-state index contributed by atoms with van der Waals surface area (Å²) >= 11 is 1.42. The van der Waals surface area contributed by atoms with Gasteiger partial charge in [-0.15, -0.1) is 0 Å². The zero-order valence-electron chi connectivity index (χ0n) is 15.0. The molecule has 2 aliphatic heterocycles. The molecule has 1 saturated heterocycles. The number of ether oxygens (including phenoxy) is 1. The number of benzene rings is 2. The van der Waals surface area contributed by atoms with Gasteiger partial charge in [-0.25, -0.2) is 0 Å². The molecule has 0 unspecified atom stereocenters. The number of morpholine rings is 1. The Morgan fingerprint density at radius 1 is 1.07 bits per heavy atom. The molecule has 140 valence electrons. The number of amides is 1. The maximum absolute atomic E-state index is 12.4. The van der Waals surface area contributed by atoms with E-state index in [0.29, 0.717) is 18.1 Å². The molecule has 1 amide bonds. The van der Waals surface area contributed by atoms with Crippen LogP contribution in [-0.4, -0.2) is 47.4 Å². The number of thioether (sulfide) groups is 1. The Labute approximate surface area is 165 Å². The van der Waals surface area contributed by atoms with Gasteiger partial charge >= 0.3 is 0 Å². The number of nitrogens with zero attached hydrogens (tertiary/aromatic N) is 3. The Morgan fingerprint density at radius 3 is 2.71 bits per heavy atom. The molecule has 0 aliphatic carbocycles. The average molecular weight is 391 g/mol. The number of aromatic nitrogens is 1. The lowest BCUT2D eigenvalue weighted by Gasteiger charge is -2.27. The fourth-order valence-corrected chi connectivity index (χ4v) is 4.25. The van der Waals surface area contributed by atoms with E-state index in [1.54, 1.807) is 0 Å². The van der Waals surface area contributed by atoms with Crippen LogP contribution in [0.3, 0.4) is 0 Å². The van der Waals surface area contributed by atoms with Crippen molar-refractivity contribution in [2.45, 2.75) is 0 Å². The van der Waals surface area contributed by atoms with Crippen LogP contribution in [-0.2, 0) is 9.53 Å². The maximum atomic E-state index is 12.4. The van der Waals surface area contributed by atoms with E-state index < -0.39 is 0 Å². The summed E-state index contributed by atoms with van der Waals surface area (Å²) in [7, 11) is 0. The quantitative estimate of drug-likeness (QED) is 0.619. The molecule has 0 saturated carbocycles. The van der Waals surface area contributed by atoms with E-state index >= 15 is 0 Å². The van der Waals surface area contributed by atoms with E-state index in [2.05, 4.69) is 15.0 Å². The van der Waals surface area contributed by atoms with E-state index in [1.165, 1.54) is 11.8 Å². The van der Waals surface area contributed by atoms with Gasteiger partial charge in [-0.2, -0.15) is 4.99 Å². The van der Waals surface area contributed by atoms with E-state index in [9.17, 15) is 4.79 Å². The molecule has 0 N–H and O–H groups in total. The first kappa shape index (κ1) is 17.2. The molecule has 2 aromatic carbocycles. The number of hydrogen-bond donors (Lipinski definition) is 0. The first-order chi connectivity index (χ1) is 13.8. The summed E-state index contributed by atoms with van der Waals surface area (Å²) in [5.74, 6) is 0.534. The molecule has 2 aliphatic rings. The predicted molar refractivity (Wildman–Crippen MR) is 110 cm³/mol. The molecule has 7 heteroatoms. The van der Waals surface area contributed by atoms with Gasteiger partial charge in [-0.1, -0.05) is 41.6 Å². The highest BCUT2D eigenvalue weighted by molar-refractivity contribution is 8.18. The van der Waals surface area contributed by atoms with Crippen LogP contribution >= 0.6 is 11.8 Å². The Kier molecular flexibility index (Phi) is 4.46. The molecule has 1 aromatic heterocycles. The summed E-state index contributed by atoms with van der Waals surface area (Å²) in [6, 6.07) is 15.7. The van der Waals surface area contributed by atoms with Crippen molar-refractivity contribution in [2.24, 2.45) is 4.99 Å². The average Bonchev–Trinajstić information content (AvgIpc) is 3.33. The number of carbonyl (C=O) groups is 1. The Morgan fingerprint density at radius 2 is 1.89 bits per heavy atom. The van der Waals surface area contributed by atoms with Crippen molar-refractivity contribution in [3.63, 3.8) is 0 Å². The molecule has 3 heterocycles. The second-order valence-corrected chi connectivity index (χ2v) is 7.57. The van der Waals surface area contributed by atoms with Gasteiger partial charge in [0.2, 0.25) is 0 Å². The number of amidine groups is 1. The summed E-state index contributed by atoms with van der Waals surface area (Å²) in [6.45, 7) is 2.86. The fourth-order valence-electron chi connectivity index (χ4n) is 3.29. The van der Waals surface area contributed by atoms with Gasteiger partial charge < -0.3 is 14.2 Å². The molecule has 0 bridgehead atoms. The molecule has 28 heavy (non-hydrogen) atoms. The molecule has 3 aromatic rings. The van der Waals surface area contributed by atoms with Crippen molar-refractivity contribution in [1.82, 2.24) is 10.1 Å². The smallest absolute Gasteiger partial charge is 0.286 e. The Bertz CT molecular complexity index is 1100. The van der Waals surface area contributed by atoms with Crippen molar-refractivity contribution < 1.29 is 14.1 Å². The van der Waals surface area contributed by atoms with Gasteiger partial charge in [0.05, 0.1) is 23.5 Å². The summed E-state index contributed by atoms with van der Waals surface area (Å²) in [5, 5.41) is 5.83. The molecule has 6 nitrogen and oxygen atoms in total. The lowest BCUT2D eigenvalue weighted by Crippen LogP contribution is -2.38. The van der Waals surface area contributed by atoms with E-state index in [4.69, 9.17) is 9.26 Å². The van der Waals surface area contributed by atoms with Crippen LogP contribution in [0.15, 0.2) is 63.0 Å². The lowest BCUT2D eigenvalue weighted by atomic mass is 10.1. The Hall–Kier alpha value is -2.90. The normalized spacial score (nSPS) is 18.9. The molecule has 0 atom stereocenters. The zero-order chi connectivity index (χ0) is 18.9. The summed E-state index contributed by atoms with van der Waals surface area (Å²) in [6.07, 6.45) is 1.88. The molecular formula is C21H17N3O3S. The van der Waals surface area contributed by atoms with Gasteiger partial charge in [-0.05, 0) is 35.5 Å². The highest BCUT2D eigenvalue weighted by Gasteiger charge is 2.27. The van der Waals surface area contributed by atoms with Crippen molar-refractivity contribution in [1.29, 1.82) is 0 Å². The van der Waals surface area contributed by atoms with E-state index in [1.807, 2.05) is 54.6 Å². The number of fused-ring (bicyclic) bond motifs is 1. The summed E-state index contributed by atoms with van der Waals surface area (Å²) in [5.41, 5.74) is 2.68.